The molecule has 0 spiro atoms. The summed E-state index contributed by atoms with van der Waals surface area (Å²) in [7, 11) is -1.52. The van der Waals surface area contributed by atoms with Crippen LogP contribution < -0.4 is 5.73 Å². The van der Waals surface area contributed by atoms with Crippen LogP contribution in [0.5, 0.6) is 0 Å². The van der Waals surface area contributed by atoms with Gasteiger partial charge in [-0.15, -0.1) is 0 Å². The van der Waals surface area contributed by atoms with Gasteiger partial charge in [0.25, 0.3) is 5.91 Å². The van der Waals surface area contributed by atoms with Crippen molar-refractivity contribution in [1.29, 1.82) is 0 Å². The number of hydrogen-bond acceptors (Lipinski definition) is 3. The second kappa shape index (κ2) is 5.66. The van der Waals surface area contributed by atoms with Crippen LogP contribution in [0.25, 0.3) is 0 Å². The van der Waals surface area contributed by atoms with Gasteiger partial charge in [0.2, 0.25) is 0 Å². The van der Waals surface area contributed by atoms with Crippen molar-refractivity contribution in [3.8, 4) is 0 Å². The van der Waals surface area contributed by atoms with Gasteiger partial charge in [-0.25, -0.2) is 0 Å². The predicted octanol–water partition coefficient (Wildman–Crippen LogP) is 1.75. The molecule has 2 unspecified atom stereocenters. The molecule has 0 radical (unpaired) electrons. The van der Waals surface area contributed by atoms with E-state index in [0.717, 1.165) is 5.56 Å². The van der Waals surface area contributed by atoms with E-state index in [2.05, 4.69) is 0 Å². The third kappa shape index (κ3) is 2.94. The van der Waals surface area contributed by atoms with Crippen LogP contribution in [0.4, 0.5) is 0 Å². The van der Waals surface area contributed by atoms with Crippen molar-refractivity contribution in [1.82, 2.24) is 0 Å². The molecule has 3 N–H and O–H groups in total. The number of carbonyl (C=O) groups is 1. The number of amides is 1. The lowest BCUT2D eigenvalue weighted by Crippen LogP contribution is -2.61. The van der Waals surface area contributed by atoms with E-state index in [1.165, 1.54) is 0 Å². The van der Waals surface area contributed by atoms with Gasteiger partial charge >= 0.3 is 0 Å². The minimum Gasteiger partial charge on any atom is -0.378 e. The number of aliphatic hydroxyl groups is 1. The lowest BCUT2D eigenvalue weighted by molar-refractivity contribution is -0.148. The van der Waals surface area contributed by atoms with Crippen molar-refractivity contribution < 1.29 is 14.1 Å². The Morgan fingerprint density at radius 3 is 2.05 bits per heavy atom. The SMILES string of the molecule is Cc1ccc(S(=O)C(C)[C@@](O)(C(N)=O)C(C)(C)C)cc1. The zero-order chi connectivity index (χ0) is 15.7. The molecule has 0 heterocycles. The predicted molar refractivity (Wildman–Crippen MR) is 80.6 cm³/mol. The molecule has 1 amide bonds. The molecule has 0 saturated carbocycles. The average molecular weight is 297 g/mol. The summed E-state index contributed by atoms with van der Waals surface area (Å²) in [6, 6.07) is 7.18. The number of aryl methyl sites for hydroxylation is 1. The van der Waals surface area contributed by atoms with Crippen molar-refractivity contribution >= 4 is 16.7 Å². The second-order valence-electron chi connectivity index (χ2n) is 6.13. The first-order valence-corrected chi connectivity index (χ1v) is 7.72. The average Bonchev–Trinajstić information content (AvgIpc) is 2.35. The fourth-order valence-corrected chi connectivity index (χ4v) is 3.80. The Hall–Kier alpha value is -1.20. The maximum atomic E-state index is 12.6. The third-order valence-electron chi connectivity index (χ3n) is 3.68. The van der Waals surface area contributed by atoms with E-state index in [0.29, 0.717) is 4.90 Å². The van der Waals surface area contributed by atoms with E-state index in [-0.39, 0.29) is 0 Å². The molecule has 112 valence electrons. The molecule has 20 heavy (non-hydrogen) atoms. The highest BCUT2D eigenvalue weighted by Gasteiger charge is 2.52. The van der Waals surface area contributed by atoms with Gasteiger partial charge in [-0.3, -0.25) is 9.00 Å². The van der Waals surface area contributed by atoms with E-state index in [9.17, 15) is 14.1 Å². The fraction of sp³-hybridized carbons (Fsp3) is 0.533. The van der Waals surface area contributed by atoms with Gasteiger partial charge in [-0.05, 0) is 26.0 Å². The van der Waals surface area contributed by atoms with Gasteiger partial charge in [0, 0.05) is 10.3 Å². The van der Waals surface area contributed by atoms with Gasteiger partial charge in [0.15, 0.2) is 5.60 Å². The first kappa shape index (κ1) is 16.9. The molecule has 0 bridgehead atoms. The summed E-state index contributed by atoms with van der Waals surface area (Å²) in [4.78, 5) is 12.3. The molecule has 0 saturated heterocycles. The van der Waals surface area contributed by atoms with Crippen molar-refractivity contribution in [2.45, 2.75) is 50.4 Å². The summed E-state index contributed by atoms with van der Waals surface area (Å²) >= 11 is 0. The minimum atomic E-state index is -1.84. The summed E-state index contributed by atoms with van der Waals surface area (Å²) in [6.07, 6.45) is 0. The summed E-state index contributed by atoms with van der Waals surface area (Å²) in [5.41, 5.74) is 3.78. The molecular formula is C15H23NO3S. The number of rotatable bonds is 4. The highest BCUT2D eigenvalue weighted by Crippen LogP contribution is 2.36. The number of benzene rings is 1. The van der Waals surface area contributed by atoms with E-state index in [1.54, 1.807) is 39.8 Å². The maximum absolute atomic E-state index is 12.6. The molecule has 0 aromatic heterocycles. The number of primary amides is 1. The van der Waals surface area contributed by atoms with E-state index >= 15 is 0 Å². The van der Waals surface area contributed by atoms with E-state index in [1.807, 2.05) is 19.1 Å². The summed E-state index contributed by atoms with van der Waals surface area (Å²) in [5.74, 6) is -0.849. The molecule has 1 aromatic rings. The van der Waals surface area contributed by atoms with Gasteiger partial charge in [0.1, 0.15) is 0 Å². The Morgan fingerprint density at radius 1 is 1.25 bits per heavy atom. The highest BCUT2D eigenvalue weighted by atomic mass is 32.2. The standard InChI is InChI=1S/C15H23NO3S/c1-10-6-8-12(9-7-10)20(19)11(2)15(18,13(16)17)14(3,4)5/h6-9,11,18H,1-5H3,(H2,16,17)/t11?,15-,20?/m1/s1. The molecule has 4 nitrogen and oxygen atoms in total. The second-order valence-corrected chi connectivity index (χ2v) is 7.91. The molecular weight excluding hydrogens is 274 g/mol. The Balaban J connectivity index is 3.20. The summed E-state index contributed by atoms with van der Waals surface area (Å²) in [6.45, 7) is 8.65. The zero-order valence-electron chi connectivity index (χ0n) is 12.6. The molecule has 1 aromatic carbocycles. The van der Waals surface area contributed by atoms with Crippen molar-refractivity contribution in [2.24, 2.45) is 11.1 Å². The van der Waals surface area contributed by atoms with Crippen LogP contribution in [0.2, 0.25) is 0 Å². The van der Waals surface area contributed by atoms with Crippen molar-refractivity contribution in [2.75, 3.05) is 0 Å². The van der Waals surface area contributed by atoms with Crippen LogP contribution in [0.1, 0.15) is 33.3 Å². The largest absolute Gasteiger partial charge is 0.378 e. The van der Waals surface area contributed by atoms with Crippen LogP contribution in [0, 0.1) is 12.3 Å². The Kier molecular flexibility index (Phi) is 4.77. The van der Waals surface area contributed by atoms with Crippen LogP contribution in [0.15, 0.2) is 29.2 Å². The van der Waals surface area contributed by atoms with Gasteiger partial charge < -0.3 is 10.8 Å². The third-order valence-corrected chi connectivity index (χ3v) is 5.40. The smallest absolute Gasteiger partial charge is 0.251 e. The quantitative estimate of drug-likeness (QED) is 0.888. The fourth-order valence-electron chi connectivity index (χ4n) is 2.21. The lowest BCUT2D eigenvalue weighted by Gasteiger charge is -2.41. The van der Waals surface area contributed by atoms with Crippen LogP contribution in [-0.2, 0) is 15.6 Å². The van der Waals surface area contributed by atoms with Gasteiger partial charge in [-0.2, -0.15) is 0 Å². The monoisotopic (exact) mass is 297 g/mol. The highest BCUT2D eigenvalue weighted by molar-refractivity contribution is 7.85. The lowest BCUT2D eigenvalue weighted by atomic mass is 9.74. The van der Waals surface area contributed by atoms with E-state index < -0.39 is 33.0 Å². The first-order valence-electron chi connectivity index (χ1n) is 6.51. The molecule has 0 aliphatic carbocycles. The van der Waals surface area contributed by atoms with Crippen LogP contribution in [0.3, 0.4) is 0 Å². The maximum Gasteiger partial charge on any atom is 0.251 e. The molecule has 5 heteroatoms. The normalized spacial score (nSPS) is 18.1. The minimum absolute atomic E-state index is 0.576. The Labute approximate surface area is 122 Å². The van der Waals surface area contributed by atoms with Crippen molar-refractivity contribution in [3.05, 3.63) is 29.8 Å². The van der Waals surface area contributed by atoms with Gasteiger partial charge in [0.05, 0.1) is 16.0 Å². The number of hydrogen-bond donors (Lipinski definition) is 2. The number of carbonyl (C=O) groups excluding carboxylic acids is 1. The van der Waals surface area contributed by atoms with Crippen LogP contribution >= 0.6 is 0 Å². The Morgan fingerprint density at radius 2 is 1.70 bits per heavy atom. The first-order chi connectivity index (χ1) is 9.01. The molecule has 0 fully saturated rings. The topological polar surface area (TPSA) is 80.4 Å². The summed E-state index contributed by atoms with van der Waals surface area (Å²) in [5, 5.41) is 9.91. The van der Waals surface area contributed by atoms with Crippen molar-refractivity contribution in [3.63, 3.8) is 0 Å². The van der Waals surface area contributed by atoms with Crippen LogP contribution in [-0.4, -0.2) is 26.1 Å². The Bertz CT molecular complexity index is 519. The van der Waals surface area contributed by atoms with E-state index in [4.69, 9.17) is 5.73 Å². The van der Waals surface area contributed by atoms with Gasteiger partial charge in [-0.1, -0.05) is 38.5 Å². The zero-order valence-corrected chi connectivity index (χ0v) is 13.5. The number of nitrogens with two attached hydrogens (primary N) is 1. The molecule has 1 rings (SSSR count). The summed E-state index contributed by atoms with van der Waals surface area (Å²) < 4.78 is 12.6. The molecule has 0 aliphatic heterocycles. The molecule has 0 aliphatic rings. The molecule has 3 atom stereocenters.